The van der Waals surface area contributed by atoms with Crippen molar-refractivity contribution < 1.29 is 9.50 Å². The molecule has 0 unspecified atom stereocenters. The number of thiocarbonyl (C=S) groups is 1. The molecule has 1 aromatic rings. The van der Waals surface area contributed by atoms with Crippen LogP contribution in [0, 0.1) is 5.82 Å². The summed E-state index contributed by atoms with van der Waals surface area (Å²) in [6, 6.07) is 5.42. The summed E-state index contributed by atoms with van der Waals surface area (Å²) < 4.78 is 13.6. The fourth-order valence-corrected chi connectivity index (χ4v) is 3.22. The third kappa shape index (κ3) is 4.46. The number of hydrogen-bond donors (Lipinski definition) is 2. The van der Waals surface area contributed by atoms with E-state index in [2.05, 4.69) is 4.90 Å². The highest BCUT2D eigenvalue weighted by atomic mass is 32.1. The molecule has 1 aliphatic carbocycles. The standard InChI is InChI=1S/C16H23FN2OS/c17-15-7-6-12(10-14(15)16(18)21)11-19(8-9-20)13-4-2-1-3-5-13/h6-7,10,13,20H,1-5,8-9,11H2,(H2,18,21). The Morgan fingerprint density at radius 2 is 2.05 bits per heavy atom. The Morgan fingerprint density at radius 3 is 2.67 bits per heavy atom. The average Bonchev–Trinajstić information content (AvgIpc) is 2.49. The van der Waals surface area contributed by atoms with Gasteiger partial charge in [0.25, 0.3) is 0 Å². The first-order valence-corrected chi connectivity index (χ1v) is 7.95. The molecule has 1 aromatic carbocycles. The molecular weight excluding hydrogens is 287 g/mol. The van der Waals surface area contributed by atoms with Crippen LogP contribution in [0.1, 0.15) is 43.2 Å². The molecule has 0 heterocycles. The van der Waals surface area contributed by atoms with Crippen molar-refractivity contribution in [3.63, 3.8) is 0 Å². The SMILES string of the molecule is NC(=S)c1cc(CN(CCO)C2CCCCC2)ccc1F. The number of nitrogens with zero attached hydrogens (tertiary/aromatic N) is 1. The summed E-state index contributed by atoms with van der Waals surface area (Å²) in [5.41, 5.74) is 6.84. The van der Waals surface area contributed by atoms with Crippen molar-refractivity contribution in [1.29, 1.82) is 0 Å². The maximum absolute atomic E-state index is 13.6. The Labute approximate surface area is 130 Å². The minimum atomic E-state index is -0.377. The van der Waals surface area contributed by atoms with Gasteiger partial charge in [0.2, 0.25) is 0 Å². The zero-order valence-electron chi connectivity index (χ0n) is 12.2. The van der Waals surface area contributed by atoms with E-state index in [1.807, 2.05) is 0 Å². The number of benzene rings is 1. The maximum Gasteiger partial charge on any atom is 0.133 e. The van der Waals surface area contributed by atoms with Gasteiger partial charge < -0.3 is 10.8 Å². The van der Waals surface area contributed by atoms with Crippen molar-refractivity contribution in [2.45, 2.75) is 44.7 Å². The molecule has 1 saturated carbocycles. The normalized spacial score (nSPS) is 16.3. The van der Waals surface area contributed by atoms with E-state index in [0.717, 1.165) is 5.56 Å². The highest BCUT2D eigenvalue weighted by Crippen LogP contribution is 2.24. The molecule has 0 aromatic heterocycles. The monoisotopic (exact) mass is 310 g/mol. The molecule has 0 radical (unpaired) electrons. The molecule has 0 aliphatic heterocycles. The van der Waals surface area contributed by atoms with Gasteiger partial charge in [0.15, 0.2) is 0 Å². The Kier molecular flexibility index (Phi) is 6.08. The third-order valence-corrected chi connectivity index (χ3v) is 4.38. The maximum atomic E-state index is 13.6. The highest BCUT2D eigenvalue weighted by Gasteiger charge is 2.21. The van der Waals surface area contributed by atoms with Crippen molar-refractivity contribution in [1.82, 2.24) is 4.90 Å². The van der Waals surface area contributed by atoms with Crippen LogP contribution in [0.15, 0.2) is 18.2 Å². The molecular formula is C16H23FN2OS. The molecule has 1 aliphatic rings. The summed E-state index contributed by atoms with van der Waals surface area (Å²) in [6.45, 7) is 1.48. The van der Waals surface area contributed by atoms with E-state index in [9.17, 15) is 9.50 Å². The number of halogens is 1. The molecule has 116 valence electrons. The quantitative estimate of drug-likeness (QED) is 0.793. The Bertz CT molecular complexity index is 489. The second-order valence-electron chi connectivity index (χ2n) is 5.66. The smallest absolute Gasteiger partial charge is 0.133 e. The van der Waals surface area contributed by atoms with Gasteiger partial charge in [-0.15, -0.1) is 0 Å². The molecule has 3 nitrogen and oxygen atoms in total. The van der Waals surface area contributed by atoms with Crippen molar-refractivity contribution in [3.8, 4) is 0 Å². The number of aliphatic hydroxyl groups is 1. The van der Waals surface area contributed by atoms with Crippen LogP contribution in [0.4, 0.5) is 4.39 Å². The zero-order chi connectivity index (χ0) is 15.2. The van der Waals surface area contributed by atoms with Crippen molar-refractivity contribution >= 4 is 17.2 Å². The van der Waals surface area contributed by atoms with Crippen molar-refractivity contribution in [2.75, 3.05) is 13.2 Å². The molecule has 21 heavy (non-hydrogen) atoms. The fourth-order valence-electron chi connectivity index (χ4n) is 3.06. The van der Waals surface area contributed by atoms with E-state index >= 15 is 0 Å². The first-order valence-electron chi connectivity index (χ1n) is 7.55. The van der Waals surface area contributed by atoms with Crippen LogP contribution >= 0.6 is 12.2 Å². The summed E-state index contributed by atoms with van der Waals surface area (Å²) in [5.74, 6) is -0.377. The molecule has 2 rings (SSSR count). The number of aliphatic hydroxyl groups excluding tert-OH is 1. The Hall–Kier alpha value is -1.04. The van der Waals surface area contributed by atoms with Crippen LogP contribution in [-0.4, -0.2) is 34.2 Å². The zero-order valence-corrected chi connectivity index (χ0v) is 13.0. The van der Waals surface area contributed by atoms with Crippen LogP contribution in [0.5, 0.6) is 0 Å². The summed E-state index contributed by atoms with van der Waals surface area (Å²) in [5, 5.41) is 9.29. The lowest BCUT2D eigenvalue weighted by molar-refractivity contribution is 0.117. The summed E-state index contributed by atoms with van der Waals surface area (Å²) >= 11 is 4.88. The van der Waals surface area contributed by atoms with E-state index in [-0.39, 0.29) is 17.4 Å². The largest absolute Gasteiger partial charge is 0.395 e. The fraction of sp³-hybridized carbons (Fsp3) is 0.562. The molecule has 0 spiro atoms. The van der Waals surface area contributed by atoms with E-state index in [1.165, 1.54) is 38.2 Å². The van der Waals surface area contributed by atoms with Gasteiger partial charge in [0, 0.05) is 24.7 Å². The molecule has 0 atom stereocenters. The first-order chi connectivity index (χ1) is 10.1. The van der Waals surface area contributed by atoms with Gasteiger partial charge in [0.05, 0.1) is 6.61 Å². The second-order valence-corrected chi connectivity index (χ2v) is 6.10. The molecule has 3 N–H and O–H groups in total. The Balaban J connectivity index is 2.12. The molecule has 0 saturated heterocycles. The van der Waals surface area contributed by atoms with Gasteiger partial charge in [0.1, 0.15) is 10.8 Å². The number of hydrogen-bond acceptors (Lipinski definition) is 3. The van der Waals surface area contributed by atoms with E-state index in [1.54, 1.807) is 12.1 Å². The van der Waals surface area contributed by atoms with Crippen LogP contribution in [0.25, 0.3) is 0 Å². The molecule has 5 heteroatoms. The van der Waals surface area contributed by atoms with Crippen LogP contribution in [0.3, 0.4) is 0 Å². The van der Waals surface area contributed by atoms with E-state index < -0.39 is 0 Å². The number of rotatable bonds is 6. The van der Waals surface area contributed by atoms with Gasteiger partial charge >= 0.3 is 0 Å². The van der Waals surface area contributed by atoms with Crippen LogP contribution in [0.2, 0.25) is 0 Å². The lowest BCUT2D eigenvalue weighted by atomic mass is 9.93. The van der Waals surface area contributed by atoms with Gasteiger partial charge in [-0.3, -0.25) is 4.90 Å². The first kappa shape index (κ1) is 16.3. The molecule has 1 fully saturated rings. The minimum absolute atomic E-state index is 0.0840. The average molecular weight is 310 g/mol. The summed E-state index contributed by atoms with van der Waals surface area (Å²) in [6.07, 6.45) is 6.13. The van der Waals surface area contributed by atoms with Crippen LogP contribution < -0.4 is 5.73 Å². The molecule has 0 amide bonds. The second kappa shape index (κ2) is 7.82. The third-order valence-electron chi connectivity index (χ3n) is 4.16. The molecule has 0 bridgehead atoms. The van der Waals surface area contributed by atoms with Gasteiger partial charge in [-0.1, -0.05) is 37.5 Å². The van der Waals surface area contributed by atoms with Crippen molar-refractivity contribution in [2.24, 2.45) is 5.73 Å². The van der Waals surface area contributed by atoms with Crippen molar-refractivity contribution in [3.05, 3.63) is 35.1 Å². The van der Waals surface area contributed by atoms with E-state index in [4.69, 9.17) is 18.0 Å². The predicted molar refractivity (Wildman–Crippen MR) is 86.7 cm³/mol. The number of nitrogens with two attached hydrogens (primary N) is 1. The lowest BCUT2D eigenvalue weighted by Gasteiger charge is -2.34. The predicted octanol–water partition coefficient (Wildman–Crippen LogP) is 2.59. The van der Waals surface area contributed by atoms with Gasteiger partial charge in [-0.05, 0) is 30.5 Å². The summed E-state index contributed by atoms with van der Waals surface area (Å²) in [4.78, 5) is 2.37. The van der Waals surface area contributed by atoms with E-state index in [0.29, 0.717) is 24.7 Å². The summed E-state index contributed by atoms with van der Waals surface area (Å²) in [7, 11) is 0. The van der Waals surface area contributed by atoms with Gasteiger partial charge in [-0.2, -0.15) is 0 Å². The Morgan fingerprint density at radius 1 is 1.33 bits per heavy atom. The highest BCUT2D eigenvalue weighted by molar-refractivity contribution is 7.80. The topological polar surface area (TPSA) is 49.5 Å². The van der Waals surface area contributed by atoms with Gasteiger partial charge in [-0.25, -0.2) is 4.39 Å². The minimum Gasteiger partial charge on any atom is -0.395 e. The van der Waals surface area contributed by atoms with Crippen LogP contribution in [-0.2, 0) is 6.54 Å². The lowest BCUT2D eigenvalue weighted by Crippen LogP contribution is -2.38.